The molecular formula is C14H18BrFN2O. The molecule has 0 bridgehead atoms. The summed E-state index contributed by atoms with van der Waals surface area (Å²) >= 11 is 3.38. The average molecular weight is 329 g/mol. The zero-order valence-electron chi connectivity index (χ0n) is 11.0. The monoisotopic (exact) mass is 328 g/mol. The van der Waals surface area contributed by atoms with Crippen LogP contribution in [0.25, 0.3) is 0 Å². The van der Waals surface area contributed by atoms with E-state index >= 15 is 0 Å². The van der Waals surface area contributed by atoms with E-state index in [0.29, 0.717) is 6.54 Å². The lowest BCUT2D eigenvalue weighted by molar-refractivity contribution is -0.127. The van der Waals surface area contributed by atoms with Crippen LogP contribution in [-0.4, -0.2) is 30.4 Å². The SMILES string of the molecule is CNC(=O)C1CCCCN1Cc1ccc(F)cc1Br. The van der Waals surface area contributed by atoms with Crippen molar-refractivity contribution < 1.29 is 9.18 Å². The van der Waals surface area contributed by atoms with Gasteiger partial charge in [0, 0.05) is 18.1 Å². The summed E-state index contributed by atoms with van der Waals surface area (Å²) in [5.41, 5.74) is 1.01. The number of halogens is 2. The number of benzene rings is 1. The molecule has 1 aromatic rings. The summed E-state index contributed by atoms with van der Waals surface area (Å²) in [6, 6.07) is 4.62. The van der Waals surface area contributed by atoms with Crippen molar-refractivity contribution in [1.29, 1.82) is 0 Å². The van der Waals surface area contributed by atoms with E-state index in [4.69, 9.17) is 0 Å². The van der Waals surface area contributed by atoms with Crippen molar-refractivity contribution in [2.75, 3.05) is 13.6 Å². The van der Waals surface area contributed by atoms with E-state index in [2.05, 4.69) is 26.1 Å². The van der Waals surface area contributed by atoms with Gasteiger partial charge in [-0.3, -0.25) is 9.69 Å². The zero-order chi connectivity index (χ0) is 13.8. The molecule has 5 heteroatoms. The second kappa shape index (κ2) is 6.48. The number of likely N-dealkylation sites (tertiary alicyclic amines) is 1. The van der Waals surface area contributed by atoms with Crippen LogP contribution in [0.15, 0.2) is 22.7 Å². The number of hydrogen-bond donors (Lipinski definition) is 1. The maximum Gasteiger partial charge on any atom is 0.237 e. The van der Waals surface area contributed by atoms with E-state index in [-0.39, 0.29) is 17.8 Å². The Morgan fingerprint density at radius 3 is 3.00 bits per heavy atom. The number of likely N-dealkylation sites (N-methyl/N-ethyl adjacent to an activating group) is 1. The number of carbonyl (C=O) groups is 1. The van der Waals surface area contributed by atoms with Gasteiger partial charge in [0.25, 0.3) is 0 Å². The van der Waals surface area contributed by atoms with Gasteiger partial charge in [-0.05, 0) is 37.1 Å². The molecule has 104 valence electrons. The van der Waals surface area contributed by atoms with Crippen molar-refractivity contribution in [3.63, 3.8) is 0 Å². The lowest BCUT2D eigenvalue weighted by atomic mass is 10.0. The maximum absolute atomic E-state index is 13.1. The van der Waals surface area contributed by atoms with Crippen LogP contribution in [0.2, 0.25) is 0 Å². The minimum Gasteiger partial charge on any atom is -0.358 e. The van der Waals surface area contributed by atoms with Crippen molar-refractivity contribution in [3.8, 4) is 0 Å². The first-order valence-corrected chi connectivity index (χ1v) is 7.30. The molecule has 0 aliphatic carbocycles. The van der Waals surface area contributed by atoms with Crippen LogP contribution in [0.4, 0.5) is 4.39 Å². The topological polar surface area (TPSA) is 32.3 Å². The predicted octanol–water partition coefficient (Wildman–Crippen LogP) is 2.69. The summed E-state index contributed by atoms with van der Waals surface area (Å²) in [7, 11) is 1.67. The third kappa shape index (κ3) is 3.54. The van der Waals surface area contributed by atoms with Crippen molar-refractivity contribution in [2.45, 2.75) is 31.8 Å². The average Bonchev–Trinajstić information content (AvgIpc) is 2.41. The molecule has 1 N–H and O–H groups in total. The van der Waals surface area contributed by atoms with Crippen molar-refractivity contribution in [1.82, 2.24) is 10.2 Å². The van der Waals surface area contributed by atoms with E-state index in [0.717, 1.165) is 35.8 Å². The van der Waals surface area contributed by atoms with Crippen LogP contribution >= 0.6 is 15.9 Å². The Morgan fingerprint density at radius 2 is 2.32 bits per heavy atom. The number of rotatable bonds is 3. The molecule has 19 heavy (non-hydrogen) atoms. The number of amides is 1. The number of piperidine rings is 1. The van der Waals surface area contributed by atoms with E-state index in [1.165, 1.54) is 12.1 Å². The Labute approximate surface area is 121 Å². The number of hydrogen-bond acceptors (Lipinski definition) is 2. The predicted molar refractivity (Wildman–Crippen MR) is 76.2 cm³/mol. The highest BCUT2D eigenvalue weighted by molar-refractivity contribution is 9.10. The maximum atomic E-state index is 13.1. The van der Waals surface area contributed by atoms with Gasteiger partial charge in [0.05, 0.1) is 6.04 Å². The van der Waals surface area contributed by atoms with Gasteiger partial charge in [0.1, 0.15) is 5.82 Å². The fourth-order valence-electron chi connectivity index (χ4n) is 2.51. The summed E-state index contributed by atoms with van der Waals surface area (Å²) in [6.45, 7) is 1.57. The van der Waals surface area contributed by atoms with Crippen molar-refractivity contribution in [2.24, 2.45) is 0 Å². The first kappa shape index (κ1) is 14.5. The number of nitrogens with one attached hydrogen (secondary N) is 1. The van der Waals surface area contributed by atoms with Gasteiger partial charge in [-0.25, -0.2) is 4.39 Å². The molecule has 0 saturated carbocycles. The Balaban J connectivity index is 2.13. The smallest absolute Gasteiger partial charge is 0.237 e. The second-order valence-corrected chi connectivity index (χ2v) is 5.69. The molecule has 1 aliphatic heterocycles. The highest BCUT2D eigenvalue weighted by atomic mass is 79.9. The second-order valence-electron chi connectivity index (χ2n) is 4.83. The molecule has 1 aliphatic rings. The molecule has 1 unspecified atom stereocenters. The van der Waals surface area contributed by atoms with Gasteiger partial charge in [0.15, 0.2) is 0 Å². The zero-order valence-corrected chi connectivity index (χ0v) is 12.5. The molecule has 1 saturated heterocycles. The van der Waals surface area contributed by atoms with Crippen LogP contribution in [0, 0.1) is 5.82 Å². The molecule has 0 radical (unpaired) electrons. The van der Waals surface area contributed by atoms with Gasteiger partial charge in [-0.2, -0.15) is 0 Å². The summed E-state index contributed by atoms with van der Waals surface area (Å²) in [5, 5.41) is 2.72. The minimum absolute atomic E-state index is 0.0675. The van der Waals surface area contributed by atoms with E-state index < -0.39 is 0 Å². The summed E-state index contributed by atoms with van der Waals surface area (Å²) in [4.78, 5) is 14.0. The molecule has 1 atom stereocenters. The van der Waals surface area contributed by atoms with Crippen LogP contribution in [-0.2, 0) is 11.3 Å². The van der Waals surface area contributed by atoms with Gasteiger partial charge >= 0.3 is 0 Å². The highest BCUT2D eigenvalue weighted by Gasteiger charge is 2.28. The number of carbonyl (C=O) groups excluding carboxylic acids is 1. The normalized spacial score (nSPS) is 20.3. The van der Waals surface area contributed by atoms with Crippen LogP contribution < -0.4 is 5.32 Å². The Kier molecular flexibility index (Phi) is 4.93. The highest BCUT2D eigenvalue weighted by Crippen LogP contribution is 2.24. The van der Waals surface area contributed by atoms with E-state index in [1.807, 2.05) is 0 Å². The largest absolute Gasteiger partial charge is 0.358 e. The third-order valence-corrected chi connectivity index (χ3v) is 4.29. The van der Waals surface area contributed by atoms with Crippen molar-refractivity contribution >= 4 is 21.8 Å². The fourth-order valence-corrected chi connectivity index (χ4v) is 2.99. The molecule has 0 spiro atoms. The third-order valence-electron chi connectivity index (χ3n) is 3.55. The Hall–Kier alpha value is -0.940. The van der Waals surface area contributed by atoms with E-state index in [1.54, 1.807) is 13.1 Å². The van der Waals surface area contributed by atoms with E-state index in [9.17, 15) is 9.18 Å². The van der Waals surface area contributed by atoms with Crippen LogP contribution in [0.5, 0.6) is 0 Å². The molecule has 1 aromatic carbocycles. The minimum atomic E-state index is -0.253. The van der Waals surface area contributed by atoms with Gasteiger partial charge in [-0.15, -0.1) is 0 Å². The van der Waals surface area contributed by atoms with Gasteiger partial charge in [0.2, 0.25) is 5.91 Å². The Morgan fingerprint density at radius 1 is 1.53 bits per heavy atom. The molecular weight excluding hydrogens is 311 g/mol. The summed E-state index contributed by atoms with van der Waals surface area (Å²) in [6.07, 6.45) is 3.07. The summed E-state index contributed by atoms with van der Waals surface area (Å²) in [5.74, 6) is -0.185. The number of nitrogens with zero attached hydrogens (tertiary/aromatic N) is 1. The first-order valence-electron chi connectivity index (χ1n) is 6.51. The molecule has 3 nitrogen and oxygen atoms in total. The lowest BCUT2D eigenvalue weighted by Gasteiger charge is -2.34. The first-order chi connectivity index (χ1) is 9.11. The van der Waals surface area contributed by atoms with Crippen LogP contribution in [0.1, 0.15) is 24.8 Å². The quantitative estimate of drug-likeness (QED) is 0.925. The van der Waals surface area contributed by atoms with Crippen LogP contribution in [0.3, 0.4) is 0 Å². The molecule has 1 amide bonds. The van der Waals surface area contributed by atoms with Gasteiger partial charge < -0.3 is 5.32 Å². The lowest BCUT2D eigenvalue weighted by Crippen LogP contribution is -2.48. The molecule has 2 rings (SSSR count). The Bertz CT molecular complexity index is 467. The van der Waals surface area contributed by atoms with Crippen molar-refractivity contribution in [3.05, 3.63) is 34.1 Å². The molecule has 1 heterocycles. The molecule has 0 aromatic heterocycles. The standard InChI is InChI=1S/C14H18BrFN2O/c1-17-14(19)13-4-2-3-7-18(13)9-10-5-6-11(16)8-12(10)15/h5-6,8,13H,2-4,7,9H2,1H3,(H,17,19). The van der Waals surface area contributed by atoms with Gasteiger partial charge in [-0.1, -0.05) is 28.4 Å². The summed E-state index contributed by atoms with van der Waals surface area (Å²) < 4.78 is 13.8. The fraction of sp³-hybridized carbons (Fsp3) is 0.500. The molecule has 1 fully saturated rings.